The summed E-state index contributed by atoms with van der Waals surface area (Å²) < 4.78 is 11.1. The molecular weight excluding hydrogens is 284 g/mol. The molecule has 1 N–H and O–H groups in total. The van der Waals surface area contributed by atoms with Crippen molar-refractivity contribution < 1.29 is 9.47 Å². The van der Waals surface area contributed by atoms with Gasteiger partial charge in [0.2, 0.25) is 0 Å². The molecule has 1 heterocycles. The molecule has 0 amide bonds. The molecule has 1 atom stereocenters. The van der Waals surface area contributed by atoms with E-state index in [1.807, 2.05) is 31.3 Å². The fourth-order valence-electron chi connectivity index (χ4n) is 2.12. The van der Waals surface area contributed by atoms with Gasteiger partial charge in [-0.15, -0.1) is 11.3 Å². The largest absolute Gasteiger partial charge is 0.493 e. The minimum Gasteiger partial charge on any atom is -0.493 e. The first-order valence-electron chi connectivity index (χ1n) is 7.10. The SMILES string of the molecule is CCOc1cccc(CNC(C)c2ncc(C)s2)c1OC. The molecule has 0 radical (unpaired) electrons. The lowest BCUT2D eigenvalue weighted by molar-refractivity contribution is 0.308. The summed E-state index contributed by atoms with van der Waals surface area (Å²) in [5, 5.41) is 4.59. The molecule has 114 valence electrons. The van der Waals surface area contributed by atoms with E-state index in [-0.39, 0.29) is 6.04 Å². The average molecular weight is 306 g/mol. The van der Waals surface area contributed by atoms with Crippen LogP contribution in [0.4, 0.5) is 0 Å². The van der Waals surface area contributed by atoms with Crippen LogP contribution < -0.4 is 14.8 Å². The van der Waals surface area contributed by atoms with Crippen molar-refractivity contribution in [3.8, 4) is 11.5 Å². The molecule has 1 aromatic heterocycles. The number of aromatic nitrogens is 1. The molecule has 2 aromatic rings. The minimum absolute atomic E-state index is 0.212. The van der Waals surface area contributed by atoms with Crippen molar-refractivity contribution in [3.63, 3.8) is 0 Å². The predicted octanol–water partition coefficient (Wildman–Crippen LogP) is 3.71. The summed E-state index contributed by atoms with van der Waals surface area (Å²) in [4.78, 5) is 5.65. The highest BCUT2D eigenvalue weighted by Crippen LogP contribution is 2.31. The number of methoxy groups -OCH3 is 1. The smallest absolute Gasteiger partial charge is 0.165 e. The normalized spacial score (nSPS) is 12.2. The summed E-state index contributed by atoms with van der Waals surface area (Å²) in [5.74, 6) is 1.59. The Hall–Kier alpha value is -1.59. The molecule has 1 aromatic carbocycles. The molecule has 0 fully saturated rings. The molecule has 0 saturated heterocycles. The van der Waals surface area contributed by atoms with E-state index in [9.17, 15) is 0 Å². The first-order valence-corrected chi connectivity index (χ1v) is 7.91. The van der Waals surface area contributed by atoms with E-state index < -0.39 is 0 Å². The maximum atomic E-state index is 5.60. The van der Waals surface area contributed by atoms with Gasteiger partial charge in [-0.1, -0.05) is 12.1 Å². The lowest BCUT2D eigenvalue weighted by atomic mass is 10.1. The van der Waals surface area contributed by atoms with Gasteiger partial charge in [0, 0.05) is 23.2 Å². The first-order chi connectivity index (χ1) is 10.2. The zero-order valence-corrected chi connectivity index (χ0v) is 13.8. The Labute approximate surface area is 130 Å². The van der Waals surface area contributed by atoms with E-state index in [4.69, 9.17) is 9.47 Å². The van der Waals surface area contributed by atoms with Crippen LogP contribution in [0.3, 0.4) is 0 Å². The van der Waals surface area contributed by atoms with Gasteiger partial charge < -0.3 is 14.8 Å². The summed E-state index contributed by atoms with van der Waals surface area (Å²) in [6.45, 7) is 7.50. The lowest BCUT2D eigenvalue weighted by Gasteiger charge is -2.16. The fraction of sp³-hybridized carbons (Fsp3) is 0.438. The summed E-state index contributed by atoms with van der Waals surface area (Å²) in [5.41, 5.74) is 1.09. The van der Waals surface area contributed by atoms with Gasteiger partial charge in [0.15, 0.2) is 11.5 Å². The van der Waals surface area contributed by atoms with Gasteiger partial charge in [0.05, 0.1) is 19.8 Å². The molecular formula is C16H22N2O2S. The van der Waals surface area contributed by atoms with E-state index in [0.717, 1.165) is 22.1 Å². The summed E-state index contributed by atoms with van der Waals surface area (Å²) in [7, 11) is 1.68. The van der Waals surface area contributed by atoms with Crippen LogP contribution in [0.15, 0.2) is 24.4 Å². The molecule has 0 saturated carbocycles. The van der Waals surface area contributed by atoms with Gasteiger partial charge in [-0.25, -0.2) is 4.98 Å². The van der Waals surface area contributed by atoms with Crippen molar-refractivity contribution in [1.29, 1.82) is 0 Å². The van der Waals surface area contributed by atoms with Gasteiger partial charge in [-0.2, -0.15) is 0 Å². The van der Waals surface area contributed by atoms with Crippen LogP contribution in [0.1, 0.15) is 35.3 Å². The van der Waals surface area contributed by atoms with Crippen LogP contribution in [0.2, 0.25) is 0 Å². The second kappa shape index (κ2) is 7.43. The van der Waals surface area contributed by atoms with Crippen LogP contribution in [0.25, 0.3) is 0 Å². The fourth-order valence-corrected chi connectivity index (χ4v) is 2.92. The number of para-hydroxylation sites is 1. The Morgan fingerprint density at radius 3 is 2.81 bits per heavy atom. The zero-order valence-electron chi connectivity index (χ0n) is 13.0. The van der Waals surface area contributed by atoms with Gasteiger partial charge >= 0.3 is 0 Å². The van der Waals surface area contributed by atoms with Crippen molar-refractivity contribution in [2.24, 2.45) is 0 Å². The minimum atomic E-state index is 0.212. The monoisotopic (exact) mass is 306 g/mol. The number of aryl methyl sites for hydroxylation is 1. The lowest BCUT2D eigenvalue weighted by Crippen LogP contribution is -2.18. The van der Waals surface area contributed by atoms with E-state index in [2.05, 4.69) is 24.1 Å². The number of thiazole rings is 1. The first kappa shape index (κ1) is 15.8. The van der Waals surface area contributed by atoms with Crippen LogP contribution >= 0.6 is 11.3 Å². The zero-order chi connectivity index (χ0) is 15.2. The molecule has 2 rings (SSSR count). The van der Waals surface area contributed by atoms with Gasteiger partial charge in [-0.05, 0) is 26.8 Å². The Morgan fingerprint density at radius 1 is 1.38 bits per heavy atom. The number of ether oxygens (including phenoxy) is 2. The standard InChI is InChI=1S/C16H22N2O2S/c1-5-20-14-8-6-7-13(15(14)19-4)10-17-12(3)16-18-9-11(2)21-16/h6-9,12,17H,5,10H2,1-4H3. The van der Waals surface area contributed by atoms with E-state index in [1.165, 1.54) is 4.88 Å². The van der Waals surface area contributed by atoms with Crippen LogP contribution in [-0.4, -0.2) is 18.7 Å². The third-order valence-electron chi connectivity index (χ3n) is 3.17. The van der Waals surface area contributed by atoms with Crippen molar-refractivity contribution >= 4 is 11.3 Å². The summed E-state index contributed by atoms with van der Waals surface area (Å²) >= 11 is 1.72. The average Bonchev–Trinajstić information content (AvgIpc) is 2.92. The third-order valence-corrected chi connectivity index (χ3v) is 4.27. The Bertz CT molecular complexity index is 583. The highest BCUT2D eigenvalue weighted by molar-refractivity contribution is 7.11. The molecule has 0 bridgehead atoms. The van der Waals surface area contributed by atoms with Gasteiger partial charge in [-0.3, -0.25) is 0 Å². The maximum absolute atomic E-state index is 5.60. The number of nitrogens with zero attached hydrogens (tertiary/aromatic N) is 1. The topological polar surface area (TPSA) is 43.4 Å². The molecule has 0 spiro atoms. The molecule has 4 nitrogen and oxygen atoms in total. The van der Waals surface area contributed by atoms with Gasteiger partial charge in [0.1, 0.15) is 5.01 Å². The molecule has 5 heteroatoms. The Kier molecular flexibility index (Phi) is 5.59. The number of hydrogen-bond donors (Lipinski definition) is 1. The van der Waals surface area contributed by atoms with E-state index in [1.54, 1.807) is 18.4 Å². The van der Waals surface area contributed by atoms with Crippen molar-refractivity contribution in [1.82, 2.24) is 10.3 Å². The second-order valence-corrected chi connectivity index (χ2v) is 6.06. The van der Waals surface area contributed by atoms with Crippen molar-refractivity contribution in [3.05, 3.63) is 39.8 Å². The summed E-state index contributed by atoms with van der Waals surface area (Å²) in [6.07, 6.45) is 1.91. The highest BCUT2D eigenvalue weighted by atomic mass is 32.1. The quantitative estimate of drug-likeness (QED) is 0.847. The van der Waals surface area contributed by atoms with Crippen LogP contribution in [0.5, 0.6) is 11.5 Å². The molecule has 0 aliphatic rings. The molecule has 21 heavy (non-hydrogen) atoms. The highest BCUT2D eigenvalue weighted by Gasteiger charge is 2.13. The van der Waals surface area contributed by atoms with Gasteiger partial charge in [0.25, 0.3) is 0 Å². The van der Waals surface area contributed by atoms with Crippen molar-refractivity contribution in [2.45, 2.75) is 33.4 Å². The molecule has 1 unspecified atom stereocenters. The third kappa shape index (κ3) is 3.95. The van der Waals surface area contributed by atoms with E-state index in [0.29, 0.717) is 13.2 Å². The maximum Gasteiger partial charge on any atom is 0.165 e. The summed E-state index contributed by atoms with van der Waals surface area (Å²) in [6, 6.07) is 6.18. The van der Waals surface area contributed by atoms with Crippen molar-refractivity contribution in [2.75, 3.05) is 13.7 Å². The number of rotatable bonds is 7. The predicted molar refractivity (Wildman–Crippen MR) is 86.3 cm³/mol. The Morgan fingerprint density at radius 2 is 2.19 bits per heavy atom. The van der Waals surface area contributed by atoms with Crippen LogP contribution in [0, 0.1) is 6.92 Å². The number of nitrogens with one attached hydrogen (secondary N) is 1. The van der Waals surface area contributed by atoms with Crippen LogP contribution in [-0.2, 0) is 6.54 Å². The molecule has 0 aliphatic heterocycles. The van der Waals surface area contributed by atoms with E-state index >= 15 is 0 Å². The second-order valence-electron chi connectivity index (χ2n) is 4.79. The Balaban J connectivity index is 2.07. The molecule has 0 aliphatic carbocycles. The number of hydrogen-bond acceptors (Lipinski definition) is 5. The number of benzene rings is 1.